The Bertz CT molecular complexity index is 896. The van der Waals surface area contributed by atoms with E-state index in [0.717, 1.165) is 0 Å². The molecule has 2 heterocycles. The Morgan fingerprint density at radius 1 is 1.21 bits per heavy atom. The molecule has 8 nitrogen and oxygen atoms in total. The summed E-state index contributed by atoms with van der Waals surface area (Å²) in [5.41, 5.74) is 5.55. The molecule has 0 atom stereocenters. The number of benzene rings is 1. The van der Waals surface area contributed by atoms with Crippen LogP contribution in [-0.2, 0) is 9.59 Å². The fraction of sp³-hybridized carbons (Fsp3) is 0.300. The monoisotopic (exact) mass is 416 g/mol. The Labute approximate surface area is 173 Å². The number of likely N-dealkylation sites (tertiary alicyclic amines) is 1. The lowest BCUT2D eigenvalue weighted by molar-refractivity contribution is -0.136. The van der Waals surface area contributed by atoms with E-state index in [2.05, 4.69) is 10.3 Å². The molecule has 2 aromatic rings. The number of ether oxygens (including phenoxy) is 1. The van der Waals surface area contributed by atoms with E-state index in [1.807, 2.05) is 0 Å². The summed E-state index contributed by atoms with van der Waals surface area (Å²) in [6.45, 7) is 0.791. The quantitative estimate of drug-likeness (QED) is 0.748. The third-order valence-electron chi connectivity index (χ3n) is 4.68. The summed E-state index contributed by atoms with van der Waals surface area (Å²) >= 11 is 5.79. The van der Waals surface area contributed by atoms with Crippen molar-refractivity contribution in [2.75, 3.05) is 25.0 Å². The van der Waals surface area contributed by atoms with Crippen LogP contribution in [0.25, 0.3) is 0 Å². The van der Waals surface area contributed by atoms with Crippen LogP contribution in [-0.4, -0.2) is 47.3 Å². The average Bonchev–Trinajstić information content (AvgIpc) is 2.74. The molecule has 152 valence electrons. The summed E-state index contributed by atoms with van der Waals surface area (Å²) < 4.78 is 5.48. The number of anilines is 1. The first-order valence-corrected chi connectivity index (χ1v) is 9.53. The van der Waals surface area contributed by atoms with Crippen LogP contribution in [0.2, 0.25) is 5.02 Å². The number of nitrogens with two attached hydrogens (primary N) is 1. The topological polar surface area (TPSA) is 115 Å². The molecular weight excluding hydrogens is 396 g/mol. The molecule has 29 heavy (non-hydrogen) atoms. The molecule has 1 fully saturated rings. The predicted octanol–water partition coefficient (Wildman–Crippen LogP) is 2.09. The minimum absolute atomic E-state index is 0.119. The Hall–Kier alpha value is -3.13. The molecule has 0 bridgehead atoms. The van der Waals surface area contributed by atoms with E-state index < -0.39 is 5.91 Å². The van der Waals surface area contributed by atoms with Crippen molar-refractivity contribution in [3.63, 3.8) is 0 Å². The van der Waals surface area contributed by atoms with Gasteiger partial charge in [-0.1, -0.05) is 17.7 Å². The summed E-state index contributed by atoms with van der Waals surface area (Å²) in [7, 11) is 0. The molecule has 0 radical (unpaired) electrons. The average molecular weight is 417 g/mol. The summed E-state index contributed by atoms with van der Waals surface area (Å²) in [5.74, 6) is -0.191. The molecule has 1 aliphatic heterocycles. The van der Waals surface area contributed by atoms with E-state index in [1.165, 1.54) is 12.3 Å². The first kappa shape index (κ1) is 20.6. The molecule has 3 rings (SSSR count). The molecule has 0 unspecified atom stereocenters. The molecular formula is C20H21ClN4O4. The van der Waals surface area contributed by atoms with Gasteiger partial charge in [-0.2, -0.15) is 0 Å². The second kappa shape index (κ2) is 9.38. The van der Waals surface area contributed by atoms with Crippen LogP contribution in [0.5, 0.6) is 5.75 Å². The number of pyridine rings is 1. The lowest BCUT2D eigenvalue weighted by Crippen LogP contribution is -2.43. The molecule has 3 amide bonds. The van der Waals surface area contributed by atoms with Gasteiger partial charge in [-0.05, 0) is 43.2 Å². The maximum Gasteiger partial charge on any atom is 0.260 e. The van der Waals surface area contributed by atoms with Crippen LogP contribution in [0.3, 0.4) is 0 Å². The highest BCUT2D eigenvalue weighted by molar-refractivity contribution is 6.30. The summed E-state index contributed by atoms with van der Waals surface area (Å²) in [4.78, 5) is 41.7. The minimum atomic E-state index is -0.559. The maximum absolute atomic E-state index is 12.4. The van der Waals surface area contributed by atoms with E-state index in [0.29, 0.717) is 48.1 Å². The summed E-state index contributed by atoms with van der Waals surface area (Å²) in [5, 5.41) is 3.27. The molecule has 9 heteroatoms. The van der Waals surface area contributed by atoms with Crippen molar-refractivity contribution in [2.45, 2.75) is 12.8 Å². The van der Waals surface area contributed by atoms with Crippen molar-refractivity contribution in [3.8, 4) is 5.75 Å². The standard InChI is InChI=1S/C20H21ClN4O4/c21-15-4-5-17(23-11-15)24-20(28)13-6-8-25(9-7-13)18(26)12-29-16-3-1-2-14(10-16)19(22)27/h1-5,10-11,13H,6-9,12H2,(H2,22,27)(H,23,24,28). The van der Waals surface area contributed by atoms with Gasteiger partial charge in [0.05, 0.1) is 5.02 Å². The Morgan fingerprint density at radius 3 is 2.62 bits per heavy atom. The molecule has 1 saturated heterocycles. The molecule has 0 saturated carbocycles. The van der Waals surface area contributed by atoms with Gasteiger partial charge in [0, 0.05) is 30.8 Å². The van der Waals surface area contributed by atoms with E-state index in [-0.39, 0.29) is 24.3 Å². The predicted molar refractivity (Wildman–Crippen MR) is 108 cm³/mol. The van der Waals surface area contributed by atoms with Crippen LogP contribution in [0.4, 0.5) is 5.82 Å². The van der Waals surface area contributed by atoms with Crippen molar-refractivity contribution in [2.24, 2.45) is 11.7 Å². The number of aromatic nitrogens is 1. The van der Waals surface area contributed by atoms with E-state index in [1.54, 1.807) is 35.2 Å². The van der Waals surface area contributed by atoms with Gasteiger partial charge in [-0.25, -0.2) is 4.98 Å². The third-order valence-corrected chi connectivity index (χ3v) is 4.90. The second-order valence-corrected chi connectivity index (χ2v) is 7.12. The smallest absolute Gasteiger partial charge is 0.260 e. The molecule has 1 aliphatic rings. The molecule has 0 spiro atoms. The van der Waals surface area contributed by atoms with Gasteiger partial charge in [0.1, 0.15) is 11.6 Å². The Morgan fingerprint density at radius 2 is 1.97 bits per heavy atom. The minimum Gasteiger partial charge on any atom is -0.484 e. The number of rotatable bonds is 6. The molecule has 1 aromatic heterocycles. The van der Waals surface area contributed by atoms with Gasteiger partial charge in [-0.3, -0.25) is 14.4 Å². The number of primary amides is 1. The zero-order valence-corrected chi connectivity index (χ0v) is 16.4. The number of nitrogens with zero attached hydrogens (tertiary/aromatic N) is 2. The second-order valence-electron chi connectivity index (χ2n) is 6.69. The highest BCUT2D eigenvalue weighted by atomic mass is 35.5. The SMILES string of the molecule is NC(=O)c1cccc(OCC(=O)N2CCC(C(=O)Nc3ccc(Cl)cn3)CC2)c1. The normalized spacial score (nSPS) is 14.3. The van der Waals surface area contributed by atoms with Gasteiger partial charge in [-0.15, -0.1) is 0 Å². The van der Waals surface area contributed by atoms with Crippen molar-refractivity contribution < 1.29 is 19.1 Å². The van der Waals surface area contributed by atoms with Gasteiger partial charge in [0.25, 0.3) is 5.91 Å². The summed E-state index contributed by atoms with van der Waals surface area (Å²) in [6, 6.07) is 9.66. The Kier molecular flexibility index (Phi) is 6.66. The lowest BCUT2D eigenvalue weighted by Gasteiger charge is -2.31. The zero-order chi connectivity index (χ0) is 20.8. The number of nitrogens with one attached hydrogen (secondary N) is 1. The van der Waals surface area contributed by atoms with Crippen LogP contribution in [0.1, 0.15) is 23.2 Å². The number of carbonyl (C=O) groups excluding carboxylic acids is 3. The van der Waals surface area contributed by atoms with E-state index in [4.69, 9.17) is 22.1 Å². The Balaban J connectivity index is 1.45. The van der Waals surface area contributed by atoms with Gasteiger partial charge in [0.2, 0.25) is 11.8 Å². The van der Waals surface area contributed by atoms with Crippen LogP contribution in [0, 0.1) is 5.92 Å². The van der Waals surface area contributed by atoms with Crippen molar-refractivity contribution in [1.82, 2.24) is 9.88 Å². The summed E-state index contributed by atoms with van der Waals surface area (Å²) in [6.07, 6.45) is 2.59. The number of halogens is 1. The van der Waals surface area contributed by atoms with E-state index in [9.17, 15) is 14.4 Å². The van der Waals surface area contributed by atoms with Crippen molar-refractivity contribution in [1.29, 1.82) is 0 Å². The number of hydrogen-bond acceptors (Lipinski definition) is 5. The van der Waals surface area contributed by atoms with Crippen molar-refractivity contribution in [3.05, 3.63) is 53.2 Å². The number of hydrogen-bond donors (Lipinski definition) is 2. The van der Waals surface area contributed by atoms with Crippen LogP contribution in [0.15, 0.2) is 42.6 Å². The number of amides is 3. The van der Waals surface area contributed by atoms with Gasteiger partial charge >= 0.3 is 0 Å². The first-order chi connectivity index (χ1) is 13.9. The lowest BCUT2D eigenvalue weighted by atomic mass is 9.96. The maximum atomic E-state index is 12.4. The fourth-order valence-corrected chi connectivity index (χ4v) is 3.16. The molecule has 0 aliphatic carbocycles. The number of piperidine rings is 1. The fourth-order valence-electron chi connectivity index (χ4n) is 3.04. The number of carbonyl (C=O) groups is 3. The zero-order valence-electron chi connectivity index (χ0n) is 15.6. The van der Waals surface area contributed by atoms with E-state index >= 15 is 0 Å². The van der Waals surface area contributed by atoms with Gasteiger partial charge < -0.3 is 20.7 Å². The highest BCUT2D eigenvalue weighted by Crippen LogP contribution is 2.20. The molecule has 3 N–H and O–H groups in total. The largest absolute Gasteiger partial charge is 0.484 e. The van der Waals surface area contributed by atoms with Crippen LogP contribution < -0.4 is 15.8 Å². The van der Waals surface area contributed by atoms with Gasteiger partial charge in [0.15, 0.2) is 6.61 Å². The molecule has 1 aromatic carbocycles. The highest BCUT2D eigenvalue weighted by Gasteiger charge is 2.27. The van der Waals surface area contributed by atoms with Crippen LogP contribution >= 0.6 is 11.6 Å². The van der Waals surface area contributed by atoms with Crippen molar-refractivity contribution >= 4 is 35.1 Å². The first-order valence-electron chi connectivity index (χ1n) is 9.15. The third kappa shape index (κ3) is 5.68.